The van der Waals surface area contributed by atoms with Gasteiger partial charge in [-0.15, -0.1) is 0 Å². The highest BCUT2D eigenvalue weighted by Crippen LogP contribution is 2.20. The van der Waals surface area contributed by atoms with Gasteiger partial charge in [0.2, 0.25) is 0 Å². The van der Waals surface area contributed by atoms with E-state index in [1.165, 1.54) is 0 Å². The lowest BCUT2D eigenvalue weighted by molar-refractivity contribution is 0.477. The topological polar surface area (TPSA) is 56.9 Å². The first-order chi connectivity index (χ1) is 11.0. The molecule has 2 rings (SSSR count). The second-order valence-corrected chi connectivity index (χ2v) is 6.38. The summed E-state index contributed by atoms with van der Waals surface area (Å²) in [6.07, 6.45) is 2.03. The minimum atomic E-state index is 0.590. The number of hydrogen-bond donors (Lipinski definition) is 1. The normalized spacial score (nSPS) is 10.8. The van der Waals surface area contributed by atoms with E-state index in [2.05, 4.69) is 35.2 Å². The summed E-state index contributed by atoms with van der Waals surface area (Å²) in [5.74, 6) is 0.590. The first-order valence-electron chi connectivity index (χ1n) is 7.93. The van der Waals surface area contributed by atoms with Gasteiger partial charge in [-0.05, 0) is 35.7 Å². The summed E-state index contributed by atoms with van der Waals surface area (Å²) < 4.78 is 1.99. The molecule has 122 valence electrons. The van der Waals surface area contributed by atoms with E-state index >= 15 is 0 Å². The van der Waals surface area contributed by atoms with Gasteiger partial charge < -0.3 is 10.2 Å². The summed E-state index contributed by atoms with van der Waals surface area (Å²) in [5, 5.41) is 17.1. The third-order valence-electron chi connectivity index (χ3n) is 3.56. The minimum Gasteiger partial charge on any atom is -0.377 e. The zero-order chi connectivity index (χ0) is 16.8. The number of aromatic nitrogens is 2. The van der Waals surface area contributed by atoms with Gasteiger partial charge in [0.15, 0.2) is 0 Å². The molecule has 5 nitrogen and oxygen atoms in total. The summed E-state index contributed by atoms with van der Waals surface area (Å²) >= 11 is 0. The zero-order valence-electron chi connectivity index (χ0n) is 14.4. The lowest BCUT2D eigenvalue weighted by atomic mass is 10.1. The number of benzene rings is 1. The van der Waals surface area contributed by atoms with Crippen LogP contribution in [0.5, 0.6) is 0 Å². The molecule has 0 fully saturated rings. The molecule has 0 atom stereocenters. The molecule has 1 aromatic heterocycles. The molecule has 2 aromatic rings. The van der Waals surface area contributed by atoms with Crippen molar-refractivity contribution in [2.24, 2.45) is 5.92 Å². The van der Waals surface area contributed by atoms with Crippen LogP contribution >= 0.6 is 0 Å². The van der Waals surface area contributed by atoms with Gasteiger partial charge in [0.05, 0.1) is 17.3 Å². The van der Waals surface area contributed by atoms with Crippen LogP contribution in [0.4, 0.5) is 5.69 Å². The van der Waals surface area contributed by atoms with E-state index in [0.717, 1.165) is 30.0 Å². The van der Waals surface area contributed by atoms with Crippen LogP contribution in [-0.2, 0) is 19.6 Å². The van der Waals surface area contributed by atoms with Crippen LogP contribution in [0.2, 0.25) is 0 Å². The monoisotopic (exact) mass is 311 g/mol. The number of hydrogen-bond acceptors (Lipinski definition) is 4. The fourth-order valence-corrected chi connectivity index (χ4v) is 2.53. The van der Waals surface area contributed by atoms with Gasteiger partial charge in [-0.25, -0.2) is 0 Å². The van der Waals surface area contributed by atoms with Crippen molar-refractivity contribution in [1.29, 1.82) is 5.26 Å². The highest BCUT2D eigenvalue weighted by molar-refractivity contribution is 5.55. The van der Waals surface area contributed by atoms with E-state index in [1.807, 2.05) is 49.2 Å². The second kappa shape index (κ2) is 7.80. The quantitative estimate of drug-likeness (QED) is 0.854. The molecule has 1 aromatic carbocycles. The Labute approximate surface area is 138 Å². The maximum atomic E-state index is 9.07. The van der Waals surface area contributed by atoms with Crippen molar-refractivity contribution < 1.29 is 0 Å². The molecule has 23 heavy (non-hydrogen) atoms. The Balaban J connectivity index is 1.98. The summed E-state index contributed by atoms with van der Waals surface area (Å²) in [6, 6.07) is 10.0. The van der Waals surface area contributed by atoms with Crippen molar-refractivity contribution in [3.63, 3.8) is 0 Å². The lowest BCUT2D eigenvalue weighted by Crippen LogP contribution is -2.18. The Hall–Kier alpha value is -2.32. The zero-order valence-corrected chi connectivity index (χ0v) is 14.4. The maximum Gasteiger partial charge on any atom is 0.0991 e. The van der Waals surface area contributed by atoms with Crippen LogP contribution in [0.1, 0.15) is 30.7 Å². The number of nitriles is 1. The van der Waals surface area contributed by atoms with Gasteiger partial charge in [-0.3, -0.25) is 4.68 Å². The highest BCUT2D eigenvalue weighted by atomic mass is 15.3. The molecule has 0 aliphatic carbocycles. The van der Waals surface area contributed by atoms with Gasteiger partial charge in [-0.1, -0.05) is 13.8 Å². The second-order valence-electron chi connectivity index (χ2n) is 6.38. The Bertz CT molecular complexity index is 679. The largest absolute Gasteiger partial charge is 0.377 e. The standard InChI is InChI=1S/C18H25N5/c1-14(2)13-23-8-7-17(21-23)12-20-11-16-9-15(10-19)5-6-18(16)22(3)4/h5-9,14,20H,11-13H2,1-4H3. The molecule has 0 saturated heterocycles. The number of nitrogens with one attached hydrogen (secondary N) is 1. The van der Waals surface area contributed by atoms with E-state index in [9.17, 15) is 0 Å². The fraction of sp³-hybridized carbons (Fsp3) is 0.444. The molecule has 1 N–H and O–H groups in total. The molecule has 0 spiro atoms. The average Bonchev–Trinajstić information content (AvgIpc) is 2.93. The molecular formula is C18H25N5. The highest BCUT2D eigenvalue weighted by Gasteiger charge is 2.07. The predicted octanol–water partition coefficient (Wildman–Crippen LogP) is 2.77. The van der Waals surface area contributed by atoms with Crippen LogP contribution in [0, 0.1) is 17.2 Å². The first kappa shape index (κ1) is 17.0. The van der Waals surface area contributed by atoms with Crippen molar-refractivity contribution >= 4 is 5.69 Å². The SMILES string of the molecule is CC(C)Cn1ccc(CNCc2cc(C#N)ccc2N(C)C)n1. The van der Waals surface area contributed by atoms with E-state index in [1.54, 1.807) is 0 Å². The molecule has 0 unspecified atom stereocenters. The van der Waals surface area contributed by atoms with Gasteiger partial charge in [0.1, 0.15) is 0 Å². The molecule has 0 bridgehead atoms. The Morgan fingerprint density at radius 3 is 2.70 bits per heavy atom. The van der Waals surface area contributed by atoms with Crippen molar-refractivity contribution in [2.75, 3.05) is 19.0 Å². The summed E-state index contributed by atoms with van der Waals surface area (Å²) in [6.45, 7) is 6.74. The molecular weight excluding hydrogens is 286 g/mol. The van der Waals surface area contributed by atoms with Gasteiger partial charge in [0, 0.05) is 45.6 Å². The first-order valence-corrected chi connectivity index (χ1v) is 7.93. The molecule has 0 aliphatic rings. The minimum absolute atomic E-state index is 0.590. The van der Waals surface area contributed by atoms with E-state index in [-0.39, 0.29) is 0 Å². The molecule has 0 saturated carbocycles. The van der Waals surface area contributed by atoms with E-state index in [0.29, 0.717) is 18.0 Å². The lowest BCUT2D eigenvalue weighted by Gasteiger charge is -2.18. The number of rotatable bonds is 7. The summed E-state index contributed by atoms with van der Waals surface area (Å²) in [4.78, 5) is 2.07. The maximum absolute atomic E-state index is 9.07. The number of anilines is 1. The van der Waals surface area contributed by atoms with Crippen molar-refractivity contribution in [1.82, 2.24) is 15.1 Å². The fourth-order valence-electron chi connectivity index (χ4n) is 2.53. The van der Waals surface area contributed by atoms with Crippen LogP contribution in [-0.4, -0.2) is 23.9 Å². The van der Waals surface area contributed by atoms with Gasteiger partial charge in [0.25, 0.3) is 0 Å². The summed E-state index contributed by atoms with van der Waals surface area (Å²) in [7, 11) is 4.02. The summed E-state index contributed by atoms with van der Waals surface area (Å²) in [5.41, 5.74) is 3.97. The van der Waals surface area contributed by atoms with Crippen LogP contribution in [0.15, 0.2) is 30.5 Å². The predicted molar refractivity (Wildman–Crippen MR) is 93.1 cm³/mol. The van der Waals surface area contributed by atoms with Crippen molar-refractivity contribution in [3.8, 4) is 6.07 Å². The smallest absolute Gasteiger partial charge is 0.0991 e. The third kappa shape index (κ3) is 4.83. The molecule has 0 radical (unpaired) electrons. The Morgan fingerprint density at radius 2 is 2.04 bits per heavy atom. The molecule has 0 aliphatic heterocycles. The number of nitrogens with zero attached hydrogens (tertiary/aromatic N) is 4. The Morgan fingerprint density at radius 1 is 1.26 bits per heavy atom. The Kier molecular flexibility index (Phi) is 5.78. The average molecular weight is 311 g/mol. The van der Waals surface area contributed by atoms with Crippen LogP contribution in [0.3, 0.4) is 0 Å². The van der Waals surface area contributed by atoms with E-state index in [4.69, 9.17) is 5.26 Å². The molecule has 0 amide bonds. The molecule has 1 heterocycles. The third-order valence-corrected chi connectivity index (χ3v) is 3.56. The van der Waals surface area contributed by atoms with Gasteiger partial charge in [-0.2, -0.15) is 10.4 Å². The molecule has 5 heteroatoms. The van der Waals surface area contributed by atoms with Crippen molar-refractivity contribution in [2.45, 2.75) is 33.5 Å². The van der Waals surface area contributed by atoms with Gasteiger partial charge >= 0.3 is 0 Å². The van der Waals surface area contributed by atoms with E-state index < -0.39 is 0 Å². The van der Waals surface area contributed by atoms with Crippen LogP contribution < -0.4 is 10.2 Å². The van der Waals surface area contributed by atoms with Crippen LogP contribution in [0.25, 0.3) is 0 Å². The van der Waals surface area contributed by atoms with Crippen molar-refractivity contribution in [3.05, 3.63) is 47.3 Å².